The second-order valence-electron chi connectivity index (χ2n) is 21.8. The van der Waals surface area contributed by atoms with E-state index in [4.69, 9.17) is 56.3 Å². The van der Waals surface area contributed by atoms with Crippen molar-refractivity contribution in [1.29, 1.82) is 1.28 Å². The van der Waals surface area contributed by atoms with Gasteiger partial charge in [0, 0.05) is 45.5 Å². The molecule has 0 amide bonds. The predicted molar refractivity (Wildman–Crippen MR) is 331 cm³/mol. The van der Waals surface area contributed by atoms with Crippen LogP contribution < -0.4 is 18.5 Å². The Morgan fingerprint density at radius 3 is 1.41 bits per heavy atom. The van der Waals surface area contributed by atoms with Gasteiger partial charge in [0.05, 0.1) is 31.9 Å². The van der Waals surface area contributed by atoms with E-state index in [2.05, 4.69) is 211 Å². The lowest BCUT2D eigenvalue weighted by atomic mass is 9.79. The Hall–Kier alpha value is -2.20. The fraction of sp³-hybridized carbons (Fsp3) is 0.483. The Balaban J connectivity index is 0.000000276. The van der Waals surface area contributed by atoms with Gasteiger partial charge in [-0.25, -0.2) is 0 Å². The first-order chi connectivity index (χ1) is 34.7. The lowest BCUT2D eigenvalue weighted by Gasteiger charge is -2.42. The number of hydrogen-bond donors (Lipinski definition) is 0. The number of ether oxygens (including phenoxy) is 2. The SMILES string of the molecule is CC(C)[Si](Oc1ccc(B2OC(C)(C)C(C)(C)O2)cc1)(C(C)C)C(C)C.COCc1cc(Cl)ccc1Cl.[3H]P=S(I)Oc1ccc(-c2ccc(-c3ccc(O[Si](C(C)C)(C(C)C)C(C)C)cc3)c(COC)c2)cc1. The van der Waals surface area contributed by atoms with Crippen LogP contribution in [0.15, 0.2) is 109 Å². The molecule has 400 valence electrons. The summed E-state index contributed by atoms with van der Waals surface area (Å²) in [6.45, 7) is 37.1. The van der Waals surface area contributed by atoms with Gasteiger partial charge in [0.1, 0.15) is 18.5 Å². The van der Waals surface area contributed by atoms with E-state index in [-0.39, 0.29) is 18.3 Å². The van der Waals surface area contributed by atoms with Crippen LogP contribution in [0.5, 0.6) is 17.2 Å². The molecule has 0 saturated carbocycles. The monoisotopic (exact) mass is 1220 g/mol. The van der Waals surface area contributed by atoms with Crippen LogP contribution in [-0.2, 0) is 39.5 Å². The van der Waals surface area contributed by atoms with Crippen LogP contribution in [-0.4, -0.2) is 50.5 Å². The van der Waals surface area contributed by atoms with Crippen LogP contribution >= 0.6 is 52.4 Å². The van der Waals surface area contributed by atoms with Crippen molar-refractivity contribution in [3.05, 3.63) is 130 Å². The van der Waals surface area contributed by atoms with Gasteiger partial charge in [0.15, 0.2) is 0 Å². The van der Waals surface area contributed by atoms with E-state index in [1.807, 2.05) is 12.1 Å². The summed E-state index contributed by atoms with van der Waals surface area (Å²) in [7, 11) is -0.827. The Morgan fingerprint density at radius 2 is 0.973 bits per heavy atom. The fourth-order valence-electron chi connectivity index (χ4n) is 10.4. The molecular weight excluding hydrogens is 1140 g/mol. The van der Waals surface area contributed by atoms with E-state index in [0.717, 1.165) is 50.5 Å². The molecule has 5 aromatic carbocycles. The van der Waals surface area contributed by atoms with Crippen LogP contribution in [0.3, 0.4) is 0 Å². The largest absolute Gasteiger partial charge is 0.543 e. The lowest BCUT2D eigenvalue weighted by molar-refractivity contribution is 0.00578. The van der Waals surface area contributed by atoms with Gasteiger partial charge in [-0.1, -0.05) is 155 Å². The molecule has 1 heterocycles. The highest BCUT2D eigenvalue weighted by molar-refractivity contribution is 14.2. The topological polar surface area (TPSA) is 64.6 Å². The Morgan fingerprint density at radius 1 is 0.562 bits per heavy atom. The second-order valence-corrected chi connectivity index (χ2v) is 39.5. The van der Waals surface area contributed by atoms with Gasteiger partial charge < -0.3 is 31.8 Å². The lowest BCUT2D eigenvalue weighted by Crippen LogP contribution is -2.50. The van der Waals surface area contributed by atoms with Crippen molar-refractivity contribution < 1.29 is 31.8 Å². The number of benzene rings is 5. The first-order valence-electron chi connectivity index (χ1n) is 26.0. The minimum absolute atomic E-state index is 0.318. The zero-order valence-corrected chi connectivity index (χ0v) is 54.1. The van der Waals surface area contributed by atoms with E-state index in [1.54, 1.807) is 32.4 Å². The van der Waals surface area contributed by atoms with E-state index in [0.29, 0.717) is 64.5 Å². The molecule has 1 atom stereocenters. The van der Waals surface area contributed by atoms with Gasteiger partial charge in [0.25, 0.3) is 16.6 Å². The van der Waals surface area contributed by atoms with Gasteiger partial charge in [-0.3, -0.25) is 0 Å². The molecule has 15 heteroatoms. The van der Waals surface area contributed by atoms with Crippen molar-refractivity contribution in [2.75, 3.05) is 14.2 Å². The minimum atomic E-state index is -1.99. The van der Waals surface area contributed by atoms with E-state index in [9.17, 15) is 0 Å². The molecule has 0 aromatic heterocycles. The van der Waals surface area contributed by atoms with E-state index < -0.39 is 24.2 Å². The zero-order chi connectivity index (χ0) is 55.3. The van der Waals surface area contributed by atoms with Crippen LogP contribution in [0, 0.1) is 0 Å². The van der Waals surface area contributed by atoms with Crippen molar-refractivity contribution in [2.45, 2.75) is 168 Å². The third-order valence-electron chi connectivity index (χ3n) is 14.6. The molecule has 73 heavy (non-hydrogen) atoms. The smallest absolute Gasteiger partial charge is 0.494 e. The molecular formula is C58H83BCl2IO7PSSi2. The summed E-state index contributed by atoms with van der Waals surface area (Å²) in [6, 6.07) is 36.8. The number of rotatable bonds is 19. The van der Waals surface area contributed by atoms with E-state index in [1.165, 1.54) is 5.56 Å². The predicted octanol–water partition coefficient (Wildman–Crippen LogP) is 18.7. The third-order valence-corrected chi connectivity index (χ3v) is 28.3. The molecule has 1 saturated heterocycles. The zero-order valence-electron chi connectivity index (χ0n) is 47.7. The molecule has 1 aliphatic rings. The first-order valence-corrected chi connectivity index (χ1v) is 35.3. The van der Waals surface area contributed by atoms with Crippen LogP contribution in [0.4, 0.5) is 0 Å². The maximum atomic E-state index is 7.42. The van der Waals surface area contributed by atoms with Gasteiger partial charge >= 0.3 is 7.12 Å². The summed E-state index contributed by atoms with van der Waals surface area (Å²) in [6.07, 6.45) is 0. The molecule has 1 aliphatic heterocycles. The quantitative estimate of drug-likeness (QED) is 0.0464. The Labute approximate surface area is 471 Å². The summed E-state index contributed by atoms with van der Waals surface area (Å²) in [5.41, 5.74) is 10.3. The highest BCUT2D eigenvalue weighted by Gasteiger charge is 2.52. The molecule has 1 fully saturated rings. The molecule has 1 unspecified atom stereocenters. The average molecular weight is 1220 g/mol. The summed E-state index contributed by atoms with van der Waals surface area (Å²) < 4.78 is 49.6. The fourth-order valence-corrected chi connectivity index (χ4v) is 22.4. The summed E-state index contributed by atoms with van der Waals surface area (Å²) in [5.74, 6) is 2.72. The number of halogens is 3. The summed E-state index contributed by atoms with van der Waals surface area (Å²) in [4.78, 5) is 0. The van der Waals surface area contributed by atoms with Crippen LogP contribution in [0.25, 0.3) is 22.3 Å². The molecule has 0 N–H and O–H groups in total. The Bertz CT molecular complexity index is 2510. The number of hydrogen-bond acceptors (Lipinski definition) is 7. The van der Waals surface area contributed by atoms with Crippen LogP contribution in [0.1, 0.15) is 122 Å². The first kappa shape index (κ1) is 61.6. The minimum Gasteiger partial charge on any atom is -0.543 e. The molecule has 7 nitrogen and oxygen atoms in total. The second kappa shape index (κ2) is 27.9. The van der Waals surface area contributed by atoms with Crippen molar-refractivity contribution in [3.63, 3.8) is 0 Å². The number of methoxy groups -OCH3 is 2. The standard InChI is InChI=1S/C29H38IO3PSSi.C21H37BO3Si.C8H8Cl2O/c1-20(2)36(21(3)4,22(5)6)33-28-15-10-24(11-16-28)29-17-12-25(18-26(29)19-31-7)23-8-13-27(14-9-23)32-35(30)34;1-15(2)26(16(3)4,17(5)6)23-19-13-11-18(12-14-19)22-24-20(7,8)21(9,10)25-22;1-11-5-6-4-7(9)2-3-8(6)10/h8-18,20-22,34H,19H2,1-7H3;11-17H,1-10H3;2-4H,5H2,1H3/i34T;;. The Kier molecular flexibility index (Phi) is 23.6. The molecule has 0 radical (unpaired) electrons. The molecule has 5 aromatic rings. The van der Waals surface area contributed by atoms with Gasteiger partial charge in [-0.2, -0.15) is 0 Å². The highest BCUT2D eigenvalue weighted by atomic mass is 127. The van der Waals surface area contributed by atoms with Gasteiger partial charge in [-0.15, -0.1) is 0 Å². The van der Waals surface area contributed by atoms with Crippen LogP contribution in [0.2, 0.25) is 43.3 Å². The summed E-state index contributed by atoms with van der Waals surface area (Å²) >= 11 is 13.7. The van der Waals surface area contributed by atoms with Crippen molar-refractivity contribution in [1.82, 2.24) is 0 Å². The van der Waals surface area contributed by atoms with Crippen molar-refractivity contribution >= 4 is 89.1 Å². The normalized spacial score (nSPS) is 15.1. The summed E-state index contributed by atoms with van der Waals surface area (Å²) in [5, 5.41) is 1.37. The molecule has 0 spiro atoms. The highest BCUT2D eigenvalue weighted by Crippen LogP contribution is 2.45. The van der Waals surface area contributed by atoms with Crippen molar-refractivity contribution in [2.24, 2.45) is 0 Å². The van der Waals surface area contributed by atoms with Gasteiger partial charge in [0.2, 0.25) is 0 Å². The molecule has 0 bridgehead atoms. The maximum Gasteiger partial charge on any atom is 0.494 e. The van der Waals surface area contributed by atoms with E-state index >= 15 is 0 Å². The van der Waals surface area contributed by atoms with Crippen molar-refractivity contribution in [3.8, 4) is 39.5 Å². The average Bonchev–Trinajstić information content (AvgIpc) is 3.56. The molecule has 6 rings (SSSR count). The maximum absolute atomic E-state index is 7.42. The van der Waals surface area contributed by atoms with Gasteiger partial charge in [-0.05, 0) is 168 Å². The third kappa shape index (κ3) is 16.2. The molecule has 0 aliphatic carbocycles.